The number of aromatic nitrogens is 4. The van der Waals surface area contributed by atoms with Crippen LogP contribution in [0.5, 0.6) is 0 Å². The van der Waals surface area contributed by atoms with Crippen LogP contribution in [0.2, 0.25) is 0 Å². The number of hydrogen-bond donors (Lipinski definition) is 4. The van der Waals surface area contributed by atoms with Gasteiger partial charge in [-0.3, -0.25) is 14.4 Å². The predicted molar refractivity (Wildman–Crippen MR) is 102 cm³/mol. The number of hydrogen-bond acceptors (Lipinski definition) is 9. The first kappa shape index (κ1) is 19.2. The maximum absolute atomic E-state index is 12.2. The minimum atomic E-state index is -1.40. The molecule has 166 valence electrons. The number of ether oxygens (including phenoxy) is 2. The summed E-state index contributed by atoms with van der Waals surface area (Å²) in [6.45, 7) is 2.13. The number of nitrogens with zero attached hydrogens (tertiary/aromatic N) is 5. The van der Waals surface area contributed by atoms with Gasteiger partial charge in [-0.05, 0) is 25.7 Å². The molecule has 2 bridgehead atoms. The van der Waals surface area contributed by atoms with E-state index in [0.29, 0.717) is 35.6 Å². The van der Waals surface area contributed by atoms with Gasteiger partial charge in [0.25, 0.3) is 5.91 Å². The van der Waals surface area contributed by atoms with Crippen LogP contribution in [0, 0.1) is 11.8 Å². The van der Waals surface area contributed by atoms with Gasteiger partial charge in [0.15, 0.2) is 29.0 Å². The molecule has 12 heteroatoms. The van der Waals surface area contributed by atoms with E-state index in [1.165, 1.54) is 17.2 Å². The molecular formula is C19H24N6O6. The van der Waals surface area contributed by atoms with Gasteiger partial charge in [-0.15, -0.1) is 0 Å². The van der Waals surface area contributed by atoms with Crippen LogP contribution in [0.1, 0.15) is 26.0 Å². The van der Waals surface area contributed by atoms with E-state index in [1.54, 1.807) is 6.92 Å². The number of carbonyl (C=O) groups is 1. The number of aliphatic hydroxyl groups is 2. The average Bonchev–Trinajstić information content (AvgIpc) is 3.01. The highest BCUT2D eigenvalue weighted by molar-refractivity contribution is 5.82. The summed E-state index contributed by atoms with van der Waals surface area (Å²) < 4.78 is 13.7. The van der Waals surface area contributed by atoms with E-state index >= 15 is 0 Å². The highest BCUT2D eigenvalue weighted by Crippen LogP contribution is 2.57. The van der Waals surface area contributed by atoms with Crippen molar-refractivity contribution in [2.45, 2.75) is 62.6 Å². The van der Waals surface area contributed by atoms with Crippen LogP contribution in [0.25, 0.3) is 11.2 Å². The number of epoxide rings is 1. The van der Waals surface area contributed by atoms with Crippen LogP contribution in [0.3, 0.4) is 0 Å². The maximum Gasteiger partial charge on any atom is 0.252 e. The van der Waals surface area contributed by atoms with Gasteiger partial charge in [-0.2, -0.15) is 4.73 Å². The number of imidazole rings is 1. The van der Waals surface area contributed by atoms with Crippen molar-refractivity contribution < 1.29 is 29.7 Å². The summed E-state index contributed by atoms with van der Waals surface area (Å²) in [7, 11) is 0. The first-order chi connectivity index (χ1) is 15.0. The summed E-state index contributed by atoms with van der Waals surface area (Å²) in [5.41, 5.74) is 0.931. The van der Waals surface area contributed by atoms with E-state index in [9.17, 15) is 20.2 Å². The molecule has 4 N–H and O–H groups in total. The predicted octanol–water partition coefficient (Wildman–Crippen LogP) is -1.70. The molecule has 0 spiro atoms. The number of likely N-dealkylation sites (N-methyl/N-ethyl adjacent to an activating group) is 1. The molecule has 6 rings (SSSR count). The van der Waals surface area contributed by atoms with Gasteiger partial charge >= 0.3 is 0 Å². The second-order valence-corrected chi connectivity index (χ2v) is 8.72. The third-order valence-corrected chi connectivity index (χ3v) is 6.96. The molecule has 6 unspecified atom stereocenters. The summed E-state index contributed by atoms with van der Waals surface area (Å²) in [5.74, 6) is 0.378. The second kappa shape index (κ2) is 6.73. The Morgan fingerprint density at radius 3 is 2.81 bits per heavy atom. The topological polar surface area (TPSA) is 160 Å². The zero-order chi connectivity index (χ0) is 21.4. The number of rotatable bonds is 4. The Bertz CT molecular complexity index is 1110. The van der Waals surface area contributed by atoms with Crippen LogP contribution in [0.15, 0.2) is 17.6 Å². The molecule has 4 aliphatic rings. The molecule has 2 saturated carbocycles. The Balaban J connectivity index is 1.36. The van der Waals surface area contributed by atoms with E-state index in [0.717, 1.165) is 17.6 Å². The first-order valence-electron chi connectivity index (χ1n) is 10.6. The van der Waals surface area contributed by atoms with E-state index in [4.69, 9.17) is 14.5 Å². The zero-order valence-corrected chi connectivity index (χ0v) is 16.8. The normalized spacial score (nSPS) is 41.1. The lowest BCUT2D eigenvalue weighted by Crippen LogP contribution is -2.42. The number of aliphatic hydroxyl groups excluding tert-OH is 2. The van der Waals surface area contributed by atoms with Crippen LogP contribution >= 0.6 is 0 Å². The summed E-state index contributed by atoms with van der Waals surface area (Å²) in [5, 5.41) is 33.8. The highest BCUT2D eigenvalue weighted by atomic mass is 16.6. The molecule has 2 aromatic rings. The number of amides is 1. The van der Waals surface area contributed by atoms with Crippen molar-refractivity contribution in [1.29, 1.82) is 0 Å². The molecule has 0 aromatic carbocycles. The lowest BCUT2D eigenvalue weighted by Gasteiger charge is -2.17. The Hall–Kier alpha value is -2.54. The van der Waals surface area contributed by atoms with Crippen molar-refractivity contribution in [2.24, 2.45) is 16.8 Å². The molecule has 2 aliphatic heterocycles. The lowest BCUT2D eigenvalue weighted by molar-refractivity contribution is -0.137. The van der Waals surface area contributed by atoms with Crippen LogP contribution in [-0.4, -0.2) is 83.7 Å². The summed E-state index contributed by atoms with van der Waals surface area (Å²) >= 11 is 0. The molecule has 9 atom stereocenters. The summed E-state index contributed by atoms with van der Waals surface area (Å²) in [6.07, 6.45) is 0.261. The molecule has 2 saturated heterocycles. The van der Waals surface area contributed by atoms with Gasteiger partial charge < -0.3 is 30.2 Å². The second-order valence-electron chi connectivity index (χ2n) is 8.72. The van der Waals surface area contributed by atoms with Gasteiger partial charge in [0.1, 0.15) is 18.5 Å². The Kier molecular flexibility index (Phi) is 4.16. The number of carbonyl (C=O) groups excluding carboxylic acids is 1. The van der Waals surface area contributed by atoms with Crippen molar-refractivity contribution >= 4 is 17.1 Å². The first-order valence-corrected chi connectivity index (χ1v) is 10.6. The summed E-state index contributed by atoms with van der Waals surface area (Å²) in [4.78, 5) is 25.5. The van der Waals surface area contributed by atoms with E-state index in [2.05, 4.69) is 15.3 Å². The molecule has 2 aromatic heterocycles. The molecular weight excluding hydrogens is 408 g/mol. The van der Waals surface area contributed by atoms with Gasteiger partial charge in [0.2, 0.25) is 0 Å². The van der Waals surface area contributed by atoms with Crippen LogP contribution < -0.4 is 10.8 Å². The Morgan fingerprint density at radius 1 is 1.23 bits per heavy atom. The molecule has 0 radical (unpaired) electrons. The highest BCUT2D eigenvalue weighted by Gasteiger charge is 2.63. The average molecular weight is 432 g/mol. The fraction of sp³-hybridized carbons (Fsp3) is 0.684. The van der Waals surface area contributed by atoms with Crippen molar-refractivity contribution in [3.8, 4) is 0 Å². The van der Waals surface area contributed by atoms with Crippen molar-refractivity contribution in [1.82, 2.24) is 24.6 Å². The molecule has 4 fully saturated rings. The van der Waals surface area contributed by atoms with Crippen molar-refractivity contribution in [2.75, 3.05) is 6.54 Å². The molecule has 1 amide bonds. The molecule has 31 heavy (non-hydrogen) atoms. The van der Waals surface area contributed by atoms with E-state index < -0.39 is 30.4 Å². The third-order valence-electron chi connectivity index (χ3n) is 6.96. The smallest absolute Gasteiger partial charge is 0.252 e. The molecule has 4 heterocycles. The van der Waals surface area contributed by atoms with E-state index in [-0.39, 0.29) is 17.6 Å². The molecule has 12 nitrogen and oxygen atoms in total. The van der Waals surface area contributed by atoms with Crippen molar-refractivity contribution in [3.63, 3.8) is 0 Å². The van der Waals surface area contributed by atoms with Crippen LogP contribution in [0.4, 0.5) is 0 Å². The third kappa shape index (κ3) is 2.75. The minimum absolute atomic E-state index is 0.0418. The fourth-order valence-corrected chi connectivity index (χ4v) is 5.47. The lowest BCUT2D eigenvalue weighted by atomic mass is 9.96. The van der Waals surface area contributed by atoms with Gasteiger partial charge in [-0.1, -0.05) is 0 Å². The zero-order valence-electron chi connectivity index (χ0n) is 16.8. The number of nitrogens with one attached hydrogen (secondary N) is 1. The quantitative estimate of drug-likeness (QED) is 0.329. The summed E-state index contributed by atoms with van der Waals surface area (Å²) in [6, 6.07) is 0.0418. The fourth-order valence-electron chi connectivity index (χ4n) is 5.47. The van der Waals surface area contributed by atoms with Crippen LogP contribution in [-0.2, 0) is 14.3 Å². The monoisotopic (exact) mass is 432 g/mol. The van der Waals surface area contributed by atoms with Gasteiger partial charge in [0.05, 0.1) is 24.6 Å². The Labute approximate surface area is 176 Å². The van der Waals surface area contributed by atoms with E-state index in [1.807, 2.05) is 0 Å². The largest absolute Gasteiger partial charge is 0.425 e. The Morgan fingerprint density at radius 2 is 2.06 bits per heavy atom. The van der Waals surface area contributed by atoms with Gasteiger partial charge in [0, 0.05) is 12.5 Å². The van der Waals surface area contributed by atoms with Gasteiger partial charge in [-0.25, -0.2) is 9.97 Å². The minimum Gasteiger partial charge on any atom is -0.425 e. The maximum atomic E-state index is 12.2. The SMILES string of the molecule is CCNC(=O)[C@H]1OC(n2cnc3c(=NC4CC5CC4C4OC54)n(O)cnc32)[C@H](O)[C@@H]1O. The van der Waals surface area contributed by atoms with Crippen molar-refractivity contribution in [3.05, 3.63) is 18.1 Å². The standard InChI is InChI=1S/C19H24N6O6/c1-2-20-18(28)15-11(26)12(27)19(31-15)24-5-21-10-16(24)22-6-25(29)17(10)23-9-4-7-3-8(9)14-13(7)30-14/h5-9,11-15,19,26-27,29H,2-4H2,1H3,(H,20,28)/t7?,8?,9?,11-,12+,13?,14?,15-,19?/m0/s1. The molecule has 2 aliphatic carbocycles. The number of fused-ring (bicyclic) bond motifs is 6.